The predicted octanol–water partition coefficient (Wildman–Crippen LogP) is 0.706. The molecule has 6 heteroatoms. The maximum absolute atomic E-state index is 10.9. The van der Waals surface area contributed by atoms with Crippen molar-refractivity contribution in [2.24, 2.45) is 0 Å². The molecule has 0 amide bonds. The van der Waals surface area contributed by atoms with Gasteiger partial charge in [-0.05, 0) is 18.2 Å². The monoisotopic (exact) mass is 222 g/mol. The summed E-state index contributed by atoms with van der Waals surface area (Å²) in [5.74, 6) is -0.860. The number of oxazole rings is 1. The highest BCUT2D eigenvalue weighted by Crippen LogP contribution is 2.15. The number of nitrogens with one attached hydrogen (secondary N) is 2. The number of carbonyl (C=O) groups is 1. The summed E-state index contributed by atoms with van der Waals surface area (Å²) in [5, 5.41) is 2.86. The summed E-state index contributed by atoms with van der Waals surface area (Å²) in [6, 6.07) is 5.04. The average Bonchev–Trinajstić information content (AvgIpc) is 2.65. The number of rotatable bonds is 3. The van der Waals surface area contributed by atoms with E-state index in [0.717, 1.165) is 0 Å². The van der Waals surface area contributed by atoms with E-state index in [9.17, 15) is 9.59 Å². The predicted molar refractivity (Wildman–Crippen MR) is 57.3 cm³/mol. The Morgan fingerprint density at radius 3 is 3.12 bits per heavy atom. The molecule has 2 N–H and O–H groups in total. The van der Waals surface area contributed by atoms with Crippen LogP contribution in [0.15, 0.2) is 27.4 Å². The number of hydrogen-bond acceptors (Lipinski definition) is 5. The minimum Gasteiger partial charge on any atom is -0.468 e. The van der Waals surface area contributed by atoms with E-state index >= 15 is 0 Å². The molecule has 0 aliphatic rings. The Labute approximate surface area is 90.2 Å². The molecule has 2 rings (SSSR count). The molecule has 0 aliphatic carbocycles. The molecule has 16 heavy (non-hydrogen) atoms. The third-order valence-corrected chi connectivity index (χ3v) is 2.08. The fourth-order valence-electron chi connectivity index (χ4n) is 1.31. The van der Waals surface area contributed by atoms with Gasteiger partial charge in [0.05, 0.1) is 12.6 Å². The van der Waals surface area contributed by atoms with Crippen LogP contribution >= 0.6 is 0 Å². The Morgan fingerprint density at radius 2 is 2.38 bits per heavy atom. The fourth-order valence-corrected chi connectivity index (χ4v) is 1.31. The molecule has 0 radical (unpaired) electrons. The molecule has 0 fully saturated rings. The number of hydrogen-bond donors (Lipinski definition) is 2. The normalized spacial score (nSPS) is 10.3. The number of aromatic amines is 1. The Bertz CT molecular complexity index is 569. The lowest BCUT2D eigenvalue weighted by Crippen LogP contribution is -2.14. The van der Waals surface area contributed by atoms with Crippen molar-refractivity contribution < 1.29 is 13.9 Å². The van der Waals surface area contributed by atoms with Crippen molar-refractivity contribution in [1.82, 2.24) is 4.98 Å². The summed E-state index contributed by atoms with van der Waals surface area (Å²) >= 11 is 0. The van der Waals surface area contributed by atoms with Gasteiger partial charge in [-0.15, -0.1) is 0 Å². The lowest BCUT2D eigenvalue weighted by molar-refractivity contribution is -0.138. The highest BCUT2D eigenvalue weighted by Gasteiger charge is 2.03. The van der Waals surface area contributed by atoms with Crippen LogP contribution in [0.2, 0.25) is 0 Å². The fraction of sp³-hybridized carbons (Fsp3) is 0.200. The molecule has 2 aromatic rings. The van der Waals surface area contributed by atoms with E-state index in [1.165, 1.54) is 7.11 Å². The lowest BCUT2D eigenvalue weighted by atomic mass is 10.3. The van der Waals surface area contributed by atoms with Crippen molar-refractivity contribution in [3.05, 3.63) is 28.7 Å². The van der Waals surface area contributed by atoms with Gasteiger partial charge in [0.1, 0.15) is 6.54 Å². The molecule has 6 nitrogen and oxygen atoms in total. The van der Waals surface area contributed by atoms with Crippen LogP contribution in [-0.2, 0) is 9.53 Å². The van der Waals surface area contributed by atoms with Gasteiger partial charge in [0, 0.05) is 5.69 Å². The standard InChI is InChI=1S/C10H10N2O4/c1-15-9(13)5-11-6-2-3-8-7(4-6)12-10(14)16-8/h2-4,11H,5H2,1H3,(H,12,14). The van der Waals surface area contributed by atoms with E-state index < -0.39 is 5.76 Å². The summed E-state index contributed by atoms with van der Waals surface area (Å²) in [6.07, 6.45) is 0. The van der Waals surface area contributed by atoms with Crippen LogP contribution in [0.4, 0.5) is 5.69 Å². The third kappa shape index (κ3) is 2.05. The highest BCUT2D eigenvalue weighted by atomic mass is 16.5. The summed E-state index contributed by atoms with van der Waals surface area (Å²) in [6.45, 7) is 0.0735. The Hall–Kier alpha value is -2.24. The van der Waals surface area contributed by atoms with Gasteiger partial charge in [-0.3, -0.25) is 9.78 Å². The van der Waals surface area contributed by atoms with Crippen molar-refractivity contribution in [2.75, 3.05) is 19.0 Å². The number of benzene rings is 1. The first-order valence-corrected chi connectivity index (χ1v) is 4.62. The van der Waals surface area contributed by atoms with Gasteiger partial charge in [-0.1, -0.05) is 0 Å². The smallest absolute Gasteiger partial charge is 0.417 e. The van der Waals surface area contributed by atoms with E-state index in [0.29, 0.717) is 16.8 Å². The topological polar surface area (TPSA) is 84.3 Å². The molecule has 0 atom stereocenters. The zero-order valence-electron chi connectivity index (χ0n) is 8.57. The van der Waals surface area contributed by atoms with Gasteiger partial charge in [0.25, 0.3) is 0 Å². The van der Waals surface area contributed by atoms with Crippen LogP contribution < -0.4 is 11.1 Å². The van der Waals surface area contributed by atoms with Crippen molar-refractivity contribution in [3.8, 4) is 0 Å². The maximum Gasteiger partial charge on any atom is 0.417 e. The first-order chi connectivity index (χ1) is 7.69. The molecular weight excluding hydrogens is 212 g/mol. The minimum absolute atomic E-state index is 0.0735. The van der Waals surface area contributed by atoms with Gasteiger partial charge in [-0.2, -0.15) is 0 Å². The molecule has 0 bridgehead atoms. The summed E-state index contributed by atoms with van der Waals surface area (Å²) in [7, 11) is 1.32. The quantitative estimate of drug-likeness (QED) is 0.747. The number of ether oxygens (including phenoxy) is 1. The summed E-state index contributed by atoms with van der Waals surface area (Å²) in [5.41, 5.74) is 1.77. The molecule has 1 heterocycles. The zero-order valence-corrected chi connectivity index (χ0v) is 8.57. The van der Waals surface area contributed by atoms with Crippen LogP contribution in [-0.4, -0.2) is 24.6 Å². The van der Waals surface area contributed by atoms with Gasteiger partial charge in [-0.25, -0.2) is 4.79 Å². The van der Waals surface area contributed by atoms with E-state index in [4.69, 9.17) is 4.42 Å². The highest BCUT2D eigenvalue weighted by molar-refractivity contribution is 5.79. The second-order valence-electron chi connectivity index (χ2n) is 3.16. The first kappa shape index (κ1) is 10.3. The molecule has 1 aromatic heterocycles. The number of methoxy groups -OCH3 is 1. The van der Waals surface area contributed by atoms with E-state index in [1.54, 1.807) is 18.2 Å². The molecular formula is C10H10N2O4. The molecule has 0 saturated carbocycles. The lowest BCUT2D eigenvalue weighted by Gasteiger charge is -2.03. The van der Waals surface area contributed by atoms with Crippen LogP contribution in [0, 0.1) is 0 Å². The van der Waals surface area contributed by atoms with E-state index in [-0.39, 0.29) is 12.5 Å². The Kier molecular flexibility index (Phi) is 2.63. The molecule has 0 aliphatic heterocycles. The number of aromatic nitrogens is 1. The molecule has 0 unspecified atom stereocenters. The second kappa shape index (κ2) is 4.09. The van der Waals surface area contributed by atoms with Gasteiger partial charge >= 0.3 is 11.7 Å². The number of fused-ring (bicyclic) bond motifs is 1. The van der Waals surface area contributed by atoms with E-state index in [2.05, 4.69) is 15.0 Å². The number of esters is 1. The number of anilines is 1. The summed E-state index contributed by atoms with van der Waals surface area (Å²) in [4.78, 5) is 24.3. The minimum atomic E-state index is -0.500. The molecule has 1 aromatic carbocycles. The zero-order chi connectivity index (χ0) is 11.5. The van der Waals surface area contributed by atoms with Crippen molar-refractivity contribution in [3.63, 3.8) is 0 Å². The van der Waals surface area contributed by atoms with Crippen molar-refractivity contribution in [1.29, 1.82) is 0 Å². The third-order valence-electron chi connectivity index (χ3n) is 2.08. The molecule has 0 spiro atoms. The largest absolute Gasteiger partial charge is 0.468 e. The maximum atomic E-state index is 10.9. The molecule has 0 saturated heterocycles. The van der Waals surface area contributed by atoms with Gasteiger partial charge < -0.3 is 14.5 Å². The van der Waals surface area contributed by atoms with Crippen LogP contribution in [0.3, 0.4) is 0 Å². The summed E-state index contributed by atoms with van der Waals surface area (Å²) < 4.78 is 9.32. The SMILES string of the molecule is COC(=O)CNc1ccc2oc(=O)[nH]c2c1. The molecule has 84 valence electrons. The van der Waals surface area contributed by atoms with E-state index in [1.807, 2.05) is 0 Å². The average molecular weight is 222 g/mol. The van der Waals surface area contributed by atoms with Crippen molar-refractivity contribution in [2.45, 2.75) is 0 Å². The van der Waals surface area contributed by atoms with Crippen LogP contribution in [0.1, 0.15) is 0 Å². The number of carbonyl (C=O) groups excluding carboxylic acids is 1. The second-order valence-corrected chi connectivity index (χ2v) is 3.16. The van der Waals surface area contributed by atoms with Crippen LogP contribution in [0.5, 0.6) is 0 Å². The number of H-pyrrole nitrogens is 1. The van der Waals surface area contributed by atoms with Gasteiger partial charge in [0.15, 0.2) is 5.58 Å². The Balaban J connectivity index is 2.19. The van der Waals surface area contributed by atoms with Gasteiger partial charge in [0.2, 0.25) is 0 Å². The Morgan fingerprint density at radius 1 is 1.56 bits per heavy atom. The first-order valence-electron chi connectivity index (χ1n) is 4.62. The van der Waals surface area contributed by atoms with Crippen molar-refractivity contribution >= 4 is 22.8 Å². The van der Waals surface area contributed by atoms with Crippen LogP contribution in [0.25, 0.3) is 11.1 Å².